The summed E-state index contributed by atoms with van der Waals surface area (Å²) in [4.78, 5) is 23.1. The van der Waals surface area contributed by atoms with Crippen molar-refractivity contribution in [3.8, 4) is 0 Å². The van der Waals surface area contributed by atoms with Gasteiger partial charge in [-0.1, -0.05) is 13.2 Å². The van der Waals surface area contributed by atoms with E-state index in [4.69, 9.17) is 9.47 Å². The lowest BCUT2D eigenvalue weighted by atomic mass is 9.71. The van der Waals surface area contributed by atoms with Gasteiger partial charge in [-0.05, 0) is 64.2 Å². The molecule has 6 atom stereocenters. The smallest absolute Gasteiger partial charge is 0.333 e. The highest BCUT2D eigenvalue weighted by atomic mass is 19.1. The van der Waals surface area contributed by atoms with Crippen molar-refractivity contribution in [3.05, 3.63) is 24.3 Å². The van der Waals surface area contributed by atoms with Gasteiger partial charge in [-0.2, -0.15) is 0 Å². The molecule has 4 nitrogen and oxygen atoms in total. The van der Waals surface area contributed by atoms with E-state index in [1.807, 2.05) is 0 Å². The predicted octanol–water partition coefficient (Wildman–Crippen LogP) is 4.24. The number of hydrogen-bond donors (Lipinski definition) is 0. The molecule has 0 aromatic heterocycles. The SMILES string of the molecule is C=C(C)C(=O)OC1CCC(C2CCC(OC(=O)C(=C)C)C(F)C2)CC1F. The van der Waals surface area contributed by atoms with Crippen molar-refractivity contribution in [1.82, 2.24) is 0 Å². The van der Waals surface area contributed by atoms with Crippen LogP contribution in [0.25, 0.3) is 0 Å². The van der Waals surface area contributed by atoms with Gasteiger partial charge in [0.15, 0.2) is 0 Å². The number of hydrogen-bond acceptors (Lipinski definition) is 4. The molecule has 0 radical (unpaired) electrons. The maximum absolute atomic E-state index is 14.4. The van der Waals surface area contributed by atoms with Crippen LogP contribution in [0.2, 0.25) is 0 Å². The van der Waals surface area contributed by atoms with E-state index in [-0.39, 0.29) is 35.8 Å². The summed E-state index contributed by atoms with van der Waals surface area (Å²) < 4.78 is 39.2. The molecule has 0 aliphatic heterocycles. The van der Waals surface area contributed by atoms with Crippen LogP contribution in [-0.4, -0.2) is 36.5 Å². The normalized spacial score (nSPS) is 34.6. The lowest BCUT2D eigenvalue weighted by Gasteiger charge is -2.39. The molecular weight excluding hydrogens is 342 g/mol. The summed E-state index contributed by atoms with van der Waals surface area (Å²) in [6, 6.07) is 0. The van der Waals surface area contributed by atoms with Crippen LogP contribution in [0.5, 0.6) is 0 Å². The first-order valence-electron chi connectivity index (χ1n) is 9.20. The molecule has 2 fully saturated rings. The van der Waals surface area contributed by atoms with Gasteiger partial charge in [-0.25, -0.2) is 18.4 Å². The van der Waals surface area contributed by atoms with E-state index in [1.165, 1.54) is 13.8 Å². The molecule has 2 rings (SSSR count). The predicted molar refractivity (Wildman–Crippen MR) is 93.9 cm³/mol. The molecule has 0 aromatic rings. The summed E-state index contributed by atoms with van der Waals surface area (Å²) >= 11 is 0. The summed E-state index contributed by atoms with van der Waals surface area (Å²) in [5, 5.41) is 0. The molecule has 0 amide bonds. The van der Waals surface area contributed by atoms with Crippen LogP contribution in [0.15, 0.2) is 24.3 Å². The zero-order valence-corrected chi connectivity index (χ0v) is 15.5. The third-order valence-corrected chi connectivity index (χ3v) is 5.39. The Bertz CT molecular complexity index is 524. The van der Waals surface area contributed by atoms with Crippen LogP contribution < -0.4 is 0 Å². The van der Waals surface area contributed by atoms with E-state index in [9.17, 15) is 18.4 Å². The van der Waals surface area contributed by atoms with Crippen molar-refractivity contribution >= 4 is 11.9 Å². The van der Waals surface area contributed by atoms with Crippen molar-refractivity contribution < 1.29 is 27.8 Å². The van der Waals surface area contributed by atoms with E-state index in [1.54, 1.807) is 0 Å². The van der Waals surface area contributed by atoms with Gasteiger partial charge in [0, 0.05) is 11.1 Å². The second-order valence-electron chi connectivity index (χ2n) is 7.63. The molecule has 6 unspecified atom stereocenters. The fourth-order valence-corrected chi connectivity index (χ4v) is 3.83. The van der Waals surface area contributed by atoms with Crippen molar-refractivity contribution in [2.24, 2.45) is 11.8 Å². The highest BCUT2D eigenvalue weighted by molar-refractivity contribution is 5.87. The molecule has 6 heteroatoms. The van der Waals surface area contributed by atoms with Gasteiger partial charge in [0.2, 0.25) is 0 Å². The molecule has 0 heterocycles. The Kier molecular flexibility index (Phi) is 6.95. The van der Waals surface area contributed by atoms with Crippen LogP contribution in [0.3, 0.4) is 0 Å². The van der Waals surface area contributed by atoms with E-state index in [2.05, 4.69) is 13.2 Å². The van der Waals surface area contributed by atoms with Crippen LogP contribution in [0, 0.1) is 11.8 Å². The highest BCUT2D eigenvalue weighted by Crippen LogP contribution is 2.41. The molecule has 0 N–H and O–H groups in total. The Morgan fingerprint density at radius 3 is 1.38 bits per heavy atom. The van der Waals surface area contributed by atoms with E-state index >= 15 is 0 Å². The fraction of sp³-hybridized carbons (Fsp3) is 0.700. The Morgan fingerprint density at radius 1 is 0.769 bits per heavy atom. The van der Waals surface area contributed by atoms with Gasteiger partial charge in [0.05, 0.1) is 0 Å². The summed E-state index contributed by atoms with van der Waals surface area (Å²) in [6.07, 6.45) is -1.18. The second kappa shape index (κ2) is 8.78. The zero-order valence-electron chi connectivity index (χ0n) is 15.5. The standard InChI is InChI=1S/C20H28F2O4/c1-11(2)19(23)25-17-7-5-13(9-15(17)21)14-6-8-18(16(22)10-14)26-20(24)12(3)4/h13-18H,1,3,5-10H2,2,4H3. The first-order valence-corrected chi connectivity index (χ1v) is 9.20. The maximum Gasteiger partial charge on any atom is 0.333 e. The number of alkyl halides is 2. The summed E-state index contributed by atoms with van der Waals surface area (Å²) in [5.74, 6) is -1.03. The third kappa shape index (κ3) is 5.15. The lowest BCUT2D eigenvalue weighted by Crippen LogP contribution is -2.41. The minimum atomic E-state index is -1.24. The van der Waals surface area contributed by atoms with Crippen molar-refractivity contribution in [3.63, 3.8) is 0 Å². The molecule has 2 aliphatic carbocycles. The Labute approximate surface area is 153 Å². The van der Waals surface area contributed by atoms with Crippen molar-refractivity contribution in [2.75, 3.05) is 0 Å². The van der Waals surface area contributed by atoms with E-state index in [0.717, 1.165) is 0 Å². The van der Waals surface area contributed by atoms with E-state index in [0.29, 0.717) is 25.7 Å². The van der Waals surface area contributed by atoms with E-state index < -0.39 is 36.5 Å². The maximum atomic E-state index is 14.4. The molecule has 146 valence electrons. The topological polar surface area (TPSA) is 52.6 Å². The van der Waals surface area contributed by atoms with Gasteiger partial charge in [0.1, 0.15) is 24.6 Å². The number of carbonyl (C=O) groups excluding carboxylic acids is 2. The molecule has 2 aliphatic rings. The zero-order chi connectivity index (χ0) is 19.4. The van der Waals surface area contributed by atoms with Crippen molar-refractivity contribution in [2.45, 2.75) is 76.9 Å². The number of halogens is 2. The average molecular weight is 370 g/mol. The van der Waals surface area contributed by atoms with Crippen molar-refractivity contribution in [1.29, 1.82) is 0 Å². The van der Waals surface area contributed by atoms with Gasteiger partial charge >= 0.3 is 11.9 Å². The summed E-state index contributed by atoms with van der Waals surface area (Å²) in [6.45, 7) is 10.1. The van der Waals surface area contributed by atoms with Gasteiger partial charge in [-0.15, -0.1) is 0 Å². The minimum absolute atomic E-state index is 0.0563. The number of esters is 2. The summed E-state index contributed by atoms with van der Waals surface area (Å²) in [5.41, 5.74) is 0.504. The fourth-order valence-electron chi connectivity index (χ4n) is 3.83. The largest absolute Gasteiger partial charge is 0.456 e. The van der Waals surface area contributed by atoms with Crippen LogP contribution in [0.1, 0.15) is 52.4 Å². The number of rotatable bonds is 5. The molecule has 0 bridgehead atoms. The first kappa shape index (κ1) is 20.6. The molecule has 0 saturated heterocycles. The molecular formula is C20H28F2O4. The van der Waals surface area contributed by atoms with Gasteiger partial charge < -0.3 is 9.47 Å². The monoisotopic (exact) mass is 370 g/mol. The second-order valence-corrected chi connectivity index (χ2v) is 7.63. The number of carbonyl (C=O) groups is 2. The lowest BCUT2D eigenvalue weighted by molar-refractivity contribution is -0.154. The molecule has 0 aromatic carbocycles. The Hall–Kier alpha value is -1.72. The Balaban J connectivity index is 1.84. The summed E-state index contributed by atoms with van der Waals surface area (Å²) in [7, 11) is 0. The van der Waals surface area contributed by atoms with Gasteiger partial charge in [0.25, 0.3) is 0 Å². The van der Waals surface area contributed by atoms with Gasteiger partial charge in [-0.3, -0.25) is 0 Å². The molecule has 2 saturated carbocycles. The van der Waals surface area contributed by atoms with Crippen LogP contribution >= 0.6 is 0 Å². The molecule has 26 heavy (non-hydrogen) atoms. The average Bonchev–Trinajstić information content (AvgIpc) is 2.58. The quantitative estimate of drug-likeness (QED) is 0.537. The molecule has 0 spiro atoms. The first-order chi connectivity index (χ1) is 12.2. The van der Waals surface area contributed by atoms with Crippen LogP contribution in [0.4, 0.5) is 8.78 Å². The van der Waals surface area contributed by atoms with Crippen LogP contribution in [-0.2, 0) is 19.1 Å². The highest BCUT2D eigenvalue weighted by Gasteiger charge is 2.41. The Morgan fingerprint density at radius 2 is 1.12 bits per heavy atom. The third-order valence-electron chi connectivity index (χ3n) is 5.39. The number of ether oxygens (including phenoxy) is 2. The minimum Gasteiger partial charge on any atom is -0.456 e.